The predicted octanol–water partition coefficient (Wildman–Crippen LogP) is 22.3. The number of rotatable bonds is 63. The Morgan fingerprint density at radius 1 is 0.361 bits per heavy atom. The molecule has 10 heteroatoms. The third-order valence-corrected chi connectivity index (χ3v) is 15.3. The van der Waals surface area contributed by atoms with Crippen molar-refractivity contribution in [2.75, 3.05) is 26.4 Å². The maximum Gasteiger partial charge on any atom is 0.472 e. The number of carbonyl (C=O) groups excluding carboxylic acids is 2. The van der Waals surface area contributed by atoms with Crippen molar-refractivity contribution in [2.45, 2.75) is 302 Å². The molecular formula is C73H126NO8P. The van der Waals surface area contributed by atoms with E-state index in [2.05, 4.69) is 135 Å². The predicted molar refractivity (Wildman–Crippen MR) is 358 cm³/mol. The largest absolute Gasteiger partial charge is 0.472 e. The van der Waals surface area contributed by atoms with Crippen LogP contribution in [0, 0.1) is 0 Å². The fourth-order valence-electron chi connectivity index (χ4n) is 9.40. The van der Waals surface area contributed by atoms with Gasteiger partial charge in [-0.25, -0.2) is 4.57 Å². The molecule has 0 radical (unpaired) electrons. The number of hydrogen-bond donors (Lipinski definition) is 2. The van der Waals surface area contributed by atoms with Crippen molar-refractivity contribution in [2.24, 2.45) is 5.73 Å². The van der Waals surface area contributed by atoms with Crippen LogP contribution in [-0.2, 0) is 32.7 Å². The second-order valence-corrected chi connectivity index (χ2v) is 23.7. The quantitative estimate of drug-likeness (QED) is 0.0264. The van der Waals surface area contributed by atoms with Crippen LogP contribution >= 0.6 is 7.82 Å². The zero-order chi connectivity index (χ0) is 60.1. The van der Waals surface area contributed by atoms with E-state index in [4.69, 9.17) is 24.3 Å². The summed E-state index contributed by atoms with van der Waals surface area (Å²) in [6.45, 7) is 3.52. The normalized spacial score (nSPS) is 13.7. The summed E-state index contributed by atoms with van der Waals surface area (Å²) in [5, 5.41) is 0. The topological polar surface area (TPSA) is 134 Å². The van der Waals surface area contributed by atoms with E-state index in [0.717, 1.165) is 122 Å². The Hall–Kier alpha value is -3.59. The molecule has 9 nitrogen and oxygen atoms in total. The van der Waals surface area contributed by atoms with Crippen molar-refractivity contribution >= 4 is 19.8 Å². The van der Waals surface area contributed by atoms with E-state index in [1.165, 1.54) is 141 Å². The molecule has 0 amide bonds. The van der Waals surface area contributed by atoms with Gasteiger partial charge >= 0.3 is 19.8 Å². The van der Waals surface area contributed by atoms with Gasteiger partial charge in [-0.05, 0) is 103 Å². The number of nitrogens with two attached hydrogens (primary N) is 1. The monoisotopic (exact) mass is 1180 g/mol. The molecule has 0 aromatic rings. The molecule has 0 aliphatic heterocycles. The fourth-order valence-corrected chi connectivity index (χ4v) is 10.2. The molecule has 2 atom stereocenters. The number of ether oxygens (including phenoxy) is 2. The Labute approximate surface area is 511 Å². The average Bonchev–Trinajstić information content (AvgIpc) is 3.49. The highest BCUT2D eigenvalue weighted by Crippen LogP contribution is 2.43. The lowest BCUT2D eigenvalue weighted by atomic mass is 10.0. The summed E-state index contributed by atoms with van der Waals surface area (Å²) in [5.74, 6) is -0.840. The van der Waals surface area contributed by atoms with Crippen LogP contribution in [0.4, 0.5) is 0 Å². The van der Waals surface area contributed by atoms with Crippen molar-refractivity contribution in [3.8, 4) is 0 Å². The lowest BCUT2D eigenvalue weighted by Gasteiger charge is -2.19. The maximum atomic E-state index is 12.7. The number of carbonyl (C=O) groups is 2. The molecule has 0 bridgehead atoms. The minimum atomic E-state index is -4.40. The van der Waals surface area contributed by atoms with Crippen molar-refractivity contribution in [3.05, 3.63) is 122 Å². The van der Waals surface area contributed by atoms with Gasteiger partial charge in [0.1, 0.15) is 6.61 Å². The van der Waals surface area contributed by atoms with Crippen LogP contribution in [0.15, 0.2) is 122 Å². The molecule has 0 aliphatic carbocycles. The second-order valence-electron chi connectivity index (χ2n) is 22.3. The number of phosphoric acid groups is 1. The molecule has 3 N–H and O–H groups in total. The SMILES string of the molecule is CC/C=C\C/C=C\C/C=C\C/C=C\C/C=C\C/C=C\CCCCCCCCC(=O)OC(COC(=O)CCCCCCCCCCCCCCCCCCCCCCCCCC/C=C\C/C=C\C/C=C\C/C=C\CC)COP(=O)(O)OCCN. The molecule has 0 rings (SSSR count). The maximum absolute atomic E-state index is 12.7. The first-order valence-corrected chi connectivity index (χ1v) is 35.5. The fraction of sp³-hybridized carbons (Fsp3) is 0.699. The van der Waals surface area contributed by atoms with Crippen LogP contribution in [0.25, 0.3) is 0 Å². The van der Waals surface area contributed by atoms with Gasteiger partial charge in [0.15, 0.2) is 6.10 Å². The summed E-state index contributed by atoms with van der Waals surface area (Å²) in [7, 11) is -4.40. The van der Waals surface area contributed by atoms with Crippen LogP contribution in [0.2, 0.25) is 0 Å². The summed E-state index contributed by atoms with van der Waals surface area (Å²) in [6.07, 6.45) is 94.3. The van der Waals surface area contributed by atoms with E-state index < -0.39 is 26.5 Å². The first kappa shape index (κ1) is 79.4. The summed E-state index contributed by atoms with van der Waals surface area (Å²) >= 11 is 0. The van der Waals surface area contributed by atoms with Crippen molar-refractivity contribution in [1.82, 2.24) is 0 Å². The molecule has 476 valence electrons. The lowest BCUT2D eigenvalue weighted by molar-refractivity contribution is -0.161. The summed E-state index contributed by atoms with van der Waals surface area (Å²) in [4.78, 5) is 35.3. The number of hydrogen-bond acceptors (Lipinski definition) is 8. The third-order valence-electron chi connectivity index (χ3n) is 14.3. The molecule has 83 heavy (non-hydrogen) atoms. The van der Waals surface area contributed by atoms with E-state index >= 15 is 0 Å². The van der Waals surface area contributed by atoms with Crippen LogP contribution in [0.1, 0.15) is 296 Å². The van der Waals surface area contributed by atoms with E-state index in [9.17, 15) is 19.0 Å². The molecule has 0 fully saturated rings. The van der Waals surface area contributed by atoms with Gasteiger partial charge in [0.2, 0.25) is 0 Å². The standard InChI is InChI=1S/C73H126NO8P/c1-3-5-7-9-11-13-15-17-19-21-23-25-27-29-30-31-32-33-34-35-36-37-38-39-40-42-43-45-47-49-51-53-55-57-59-61-63-65-72(75)79-69-71(70-81-83(77,78)80-68-67-74)82-73(76)66-64-62-60-58-56-54-52-50-48-46-44-41-28-26-24-22-20-18-16-14-12-10-8-6-4-2/h5-8,11-14,17-20,23-26,41,44,48,50,71H,3-4,9-10,15-16,21-22,27-40,42-43,45-47,49,51-70,74H2,1-2H3,(H,77,78)/b7-5-,8-6-,13-11-,14-12-,19-17-,20-18-,25-23-,26-24-,44-41-,50-48-. The number of unbranched alkanes of at least 4 members (excludes halogenated alkanes) is 30. The Morgan fingerprint density at radius 3 is 0.928 bits per heavy atom. The average molecular weight is 1180 g/mol. The summed E-state index contributed by atoms with van der Waals surface area (Å²) < 4.78 is 33.1. The molecule has 0 aromatic carbocycles. The van der Waals surface area contributed by atoms with E-state index in [-0.39, 0.29) is 38.6 Å². The van der Waals surface area contributed by atoms with Gasteiger partial charge in [0, 0.05) is 19.4 Å². The zero-order valence-corrected chi connectivity index (χ0v) is 54.3. The van der Waals surface area contributed by atoms with Gasteiger partial charge in [-0.3, -0.25) is 18.6 Å². The second kappa shape index (κ2) is 67.5. The van der Waals surface area contributed by atoms with Crippen LogP contribution in [0.5, 0.6) is 0 Å². The Balaban J connectivity index is 3.87. The smallest absolute Gasteiger partial charge is 0.462 e. The molecule has 2 unspecified atom stereocenters. The third kappa shape index (κ3) is 67.4. The lowest BCUT2D eigenvalue weighted by Crippen LogP contribution is -2.29. The van der Waals surface area contributed by atoms with Gasteiger partial charge in [0.05, 0.1) is 13.2 Å². The molecule has 0 saturated carbocycles. The summed E-state index contributed by atoms with van der Waals surface area (Å²) in [6, 6.07) is 0. The Morgan fingerprint density at radius 2 is 0.627 bits per heavy atom. The van der Waals surface area contributed by atoms with Gasteiger partial charge in [-0.15, -0.1) is 0 Å². The highest BCUT2D eigenvalue weighted by atomic mass is 31.2. The molecule has 0 saturated heterocycles. The van der Waals surface area contributed by atoms with Crippen LogP contribution in [0.3, 0.4) is 0 Å². The van der Waals surface area contributed by atoms with Gasteiger partial charge < -0.3 is 20.1 Å². The minimum absolute atomic E-state index is 0.0465. The number of esters is 2. The molecule has 0 spiro atoms. The minimum Gasteiger partial charge on any atom is -0.462 e. The molecular weight excluding hydrogens is 1050 g/mol. The summed E-state index contributed by atoms with van der Waals surface area (Å²) in [5.41, 5.74) is 5.40. The van der Waals surface area contributed by atoms with E-state index in [1.54, 1.807) is 0 Å². The van der Waals surface area contributed by atoms with Crippen molar-refractivity contribution < 1.29 is 37.6 Å². The van der Waals surface area contributed by atoms with E-state index in [1.807, 2.05) is 0 Å². The van der Waals surface area contributed by atoms with Gasteiger partial charge in [0.25, 0.3) is 0 Å². The van der Waals surface area contributed by atoms with Crippen molar-refractivity contribution in [3.63, 3.8) is 0 Å². The van der Waals surface area contributed by atoms with Crippen LogP contribution < -0.4 is 5.73 Å². The van der Waals surface area contributed by atoms with E-state index in [0.29, 0.717) is 6.42 Å². The van der Waals surface area contributed by atoms with Crippen LogP contribution in [-0.4, -0.2) is 49.3 Å². The Kier molecular flexibility index (Phi) is 64.6. The number of allylic oxidation sites excluding steroid dienone is 20. The highest BCUT2D eigenvalue weighted by molar-refractivity contribution is 7.47. The molecule has 0 heterocycles. The van der Waals surface area contributed by atoms with Gasteiger partial charge in [-0.2, -0.15) is 0 Å². The van der Waals surface area contributed by atoms with Crippen molar-refractivity contribution in [1.29, 1.82) is 0 Å². The zero-order valence-electron chi connectivity index (χ0n) is 53.4. The first-order valence-electron chi connectivity index (χ1n) is 34.0. The van der Waals surface area contributed by atoms with Gasteiger partial charge in [-0.1, -0.05) is 302 Å². The number of phosphoric ester groups is 1. The first-order chi connectivity index (χ1) is 40.8. The molecule has 0 aliphatic rings. The molecule has 0 aromatic heterocycles. The Bertz CT molecular complexity index is 1770. The highest BCUT2D eigenvalue weighted by Gasteiger charge is 2.26.